The van der Waals surface area contributed by atoms with Crippen LogP contribution in [0.1, 0.15) is 66.9 Å². The van der Waals surface area contributed by atoms with Crippen LogP contribution in [-0.2, 0) is 19.4 Å². The molecule has 3 aromatic carbocycles. The Kier molecular flexibility index (Phi) is 13.7. The Hall–Kier alpha value is -4.75. The summed E-state index contributed by atoms with van der Waals surface area (Å²) in [6.45, 7) is 11.3. The Bertz CT molecular complexity index is 2320. The number of pyridine rings is 1. The SMILES string of the molecule is CC[C@H]1CN2CCc3cc(OC)c(OC)cc3[C@@H]2C[C@@H]1C[C@H]1NCCc2cc(OC)c(OC)cc21.O=c1n(CCCN2CCN(c3cccc(Cl)c3)CC2)nc2ccccn12. The first-order chi connectivity index (χ1) is 29.8. The highest BCUT2D eigenvalue weighted by Gasteiger charge is 2.40. The fourth-order valence-corrected chi connectivity index (χ4v) is 10.4. The van der Waals surface area contributed by atoms with E-state index in [2.05, 4.69) is 62.4 Å². The highest BCUT2D eigenvalue weighted by molar-refractivity contribution is 6.30. The quantitative estimate of drug-likeness (QED) is 0.138. The zero-order valence-electron chi connectivity index (χ0n) is 36.4. The predicted octanol–water partition coefficient (Wildman–Crippen LogP) is 7.31. The Morgan fingerprint density at radius 3 is 2.16 bits per heavy atom. The molecule has 0 bridgehead atoms. The summed E-state index contributed by atoms with van der Waals surface area (Å²) in [7, 11) is 6.90. The zero-order valence-corrected chi connectivity index (χ0v) is 37.2. The normalized spacial score (nSPS) is 21.4. The number of halogens is 1. The maximum atomic E-state index is 12.3. The lowest BCUT2D eigenvalue weighted by Gasteiger charge is -2.48. The molecule has 4 aliphatic heterocycles. The van der Waals surface area contributed by atoms with E-state index in [1.807, 2.05) is 36.4 Å². The summed E-state index contributed by atoms with van der Waals surface area (Å²) < 4.78 is 25.7. The van der Waals surface area contributed by atoms with Crippen molar-refractivity contribution in [1.29, 1.82) is 0 Å². The van der Waals surface area contributed by atoms with Crippen molar-refractivity contribution in [1.82, 2.24) is 29.3 Å². The van der Waals surface area contributed by atoms with Crippen LogP contribution in [0.5, 0.6) is 23.0 Å². The van der Waals surface area contributed by atoms with E-state index in [0.717, 1.165) is 99.5 Å². The lowest BCUT2D eigenvalue weighted by atomic mass is 9.72. The molecule has 1 N–H and O–H groups in total. The third-order valence-electron chi connectivity index (χ3n) is 13.5. The summed E-state index contributed by atoms with van der Waals surface area (Å²) in [6, 6.07) is 23.2. The number of nitrogens with one attached hydrogen (secondary N) is 1. The maximum Gasteiger partial charge on any atom is 0.350 e. The maximum absolute atomic E-state index is 12.3. The summed E-state index contributed by atoms with van der Waals surface area (Å²) in [6.07, 6.45) is 8.33. The van der Waals surface area contributed by atoms with Crippen LogP contribution in [0.4, 0.5) is 5.69 Å². The third-order valence-corrected chi connectivity index (χ3v) is 13.8. The lowest BCUT2D eigenvalue weighted by Crippen LogP contribution is -2.46. The number of benzene rings is 3. The van der Waals surface area contributed by atoms with Crippen LogP contribution in [0.2, 0.25) is 5.02 Å². The molecule has 2 aromatic heterocycles. The second-order valence-electron chi connectivity index (χ2n) is 16.8. The number of piperazine rings is 1. The zero-order chi connectivity index (χ0) is 42.5. The lowest BCUT2D eigenvalue weighted by molar-refractivity contribution is 0.0434. The minimum Gasteiger partial charge on any atom is -0.493 e. The number of fused-ring (bicyclic) bond motifs is 5. The monoisotopic (exact) mass is 851 g/mol. The average molecular weight is 853 g/mol. The molecule has 5 aromatic rings. The summed E-state index contributed by atoms with van der Waals surface area (Å²) in [5, 5.41) is 9.00. The van der Waals surface area contributed by atoms with Gasteiger partial charge in [0.05, 0.1) is 28.4 Å². The molecule has 0 saturated carbocycles. The standard InChI is InChI=1S/C29H40N2O4.C19H22ClN5O/c1-6-18-17-31-10-8-20-14-27(33-3)29(35-5)16-23(20)25(31)12-21(18)11-24-22-15-28(34-4)26(32-2)13-19(22)7-9-30-24;20-16-5-3-6-17(15-16)23-13-11-22(12-14-23)8-4-10-25-19(26)24-9-2-1-7-18(24)21-25/h13-16,18,21,24-25,30H,6-12,17H2,1-5H3;1-3,5-7,9,15H,4,8,10-14H2/t18-,21-,24+,25-;/m0./s1. The van der Waals surface area contributed by atoms with Gasteiger partial charge in [0.2, 0.25) is 0 Å². The molecule has 2 saturated heterocycles. The van der Waals surface area contributed by atoms with Gasteiger partial charge in [0.15, 0.2) is 28.6 Å². The van der Waals surface area contributed by atoms with E-state index in [1.54, 1.807) is 43.7 Å². The minimum absolute atomic E-state index is 0.0635. The molecular weight excluding hydrogens is 790 g/mol. The van der Waals surface area contributed by atoms with Crippen molar-refractivity contribution in [2.24, 2.45) is 11.8 Å². The van der Waals surface area contributed by atoms with Crippen LogP contribution in [0, 0.1) is 11.8 Å². The van der Waals surface area contributed by atoms with E-state index in [-0.39, 0.29) is 5.69 Å². The molecule has 4 atom stereocenters. The Balaban J connectivity index is 0.000000176. The van der Waals surface area contributed by atoms with Crippen LogP contribution in [0.15, 0.2) is 77.7 Å². The summed E-state index contributed by atoms with van der Waals surface area (Å²) >= 11 is 6.09. The van der Waals surface area contributed by atoms with E-state index < -0.39 is 0 Å². The second-order valence-corrected chi connectivity index (χ2v) is 17.3. The average Bonchev–Trinajstić information content (AvgIpc) is 3.62. The number of ether oxygens (including phenoxy) is 4. The van der Waals surface area contributed by atoms with Crippen LogP contribution >= 0.6 is 11.6 Å². The van der Waals surface area contributed by atoms with Crippen LogP contribution < -0.4 is 34.9 Å². The molecule has 0 amide bonds. The topological polar surface area (TPSA) is 98.0 Å². The predicted molar refractivity (Wildman–Crippen MR) is 242 cm³/mol. The molecule has 12 nitrogen and oxygen atoms in total. The largest absolute Gasteiger partial charge is 0.493 e. The van der Waals surface area contributed by atoms with Crippen molar-refractivity contribution in [2.45, 2.75) is 64.1 Å². The molecule has 6 heterocycles. The van der Waals surface area contributed by atoms with Gasteiger partial charge in [-0.05, 0) is 127 Å². The molecule has 2 fully saturated rings. The number of aromatic nitrogens is 3. The molecule has 9 rings (SSSR count). The van der Waals surface area contributed by atoms with Crippen molar-refractivity contribution < 1.29 is 18.9 Å². The number of methoxy groups -OCH3 is 4. The van der Waals surface area contributed by atoms with Crippen molar-refractivity contribution in [3.63, 3.8) is 0 Å². The molecule has 0 radical (unpaired) electrons. The first-order valence-corrected chi connectivity index (χ1v) is 22.4. The van der Waals surface area contributed by atoms with Gasteiger partial charge in [-0.3, -0.25) is 14.2 Å². The first kappa shape index (κ1) is 42.9. The van der Waals surface area contributed by atoms with Crippen molar-refractivity contribution in [3.8, 4) is 23.0 Å². The first-order valence-electron chi connectivity index (χ1n) is 22.0. The van der Waals surface area contributed by atoms with E-state index in [4.69, 9.17) is 30.5 Å². The number of anilines is 1. The third kappa shape index (κ3) is 9.38. The van der Waals surface area contributed by atoms with Gasteiger partial charge in [0.25, 0.3) is 0 Å². The Morgan fingerprint density at radius 2 is 1.48 bits per heavy atom. The van der Waals surface area contributed by atoms with E-state index in [9.17, 15) is 4.79 Å². The molecule has 326 valence electrons. The Morgan fingerprint density at radius 1 is 0.770 bits per heavy atom. The van der Waals surface area contributed by atoms with Gasteiger partial charge in [-0.25, -0.2) is 9.48 Å². The van der Waals surface area contributed by atoms with E-state index in [1.165, 1.54) is 47.3 Å². The Labute approximate surface area is 365 Å². The van der Waals surface area contributed by atoms with Crippen molar-refractivity contribution in [2.75, 3.05) is 85.7 Å². The number of piperidine rings is 1. The van der Waals surface area contributed by atoms with Crippen LogP contribution in [0.3, 0.4) is 0 Å². The van der Waals surface area contributed by atoms with Crippen molar-refractivity contribution >= 4 is 22.9 Å². The number of hydrogen-bond donors (Lipinski definition) is 1. The molecule has 61 heavy (non-hydrogen) atoms. The molecule has 0 unspecified atom stereocenters. The van der Waals surface area contributed by atoms with Gasteiger partial charge in [0, 0.05) is 81.3 Å². The van der Waals surface area contributed by atoms with Gasteiger partial charge >= 0.3 is 5.69 Å². The van der Waals surface area contributed by atoms with E-state index in [0.29, 0.717) is 36.1 Å². The summed E-state index contributed by atoms with van der Waals surface area (Å²) in [4.78, 5) is 19.8. The highest BCUT2D eigenvalue weighted by Crippen LogP contribution is 2.48. The fraction of sp³-hybridized carbons (Fsp3) is 0.500. The van der Waals surface area contributed by atoms with Crippen LogP contribution in [0.25, 0.3) is 5.65 Å². The molecule has 4 aliphatic rings. The summed E-state index contributed by atoms with van der Waals surface area (Å²) in [5.74, 6) is 4.69. The van der Waals surface area contributed by atoms with Gasteiger partial charge in [-0.15, -0.1) is 5.10 Å². The molecule has 13 heteroatoms. The molecular formula is C48H62ClN7O5. The van der Waals surface area contributed by atoms with E-state index >= 15 is 0 Å². The minimum atomic E-state index is -0.0635. The van der Waals surface area contributed by atoms with Gasteiger partial charge < -0.3 is 29.2 Å². The van der Waals surface area contributed by atoms with Gasteiger partial charge in [0.1, 0.15) is 0 Å². The van der Waals surface area contributed by atoms with Crippen LogP contribution in [-0.4, -0.2) is 105 Å². The smallest absolute Gasteiger partial charge is 0.350 e. The number of aryl methyl sites for hydroxylation is 1. The number of nitrogens with zero attached hydrogens (tertiary/aromatic N) is 6. The van der Waals surface area contributed by atoms with Gasteiger partial charge in [-0.1, -0.05) is 37.1 Å². The number of hydrogen-bond acceptors (Lipinski definition) is 10. The fourth-order valence-electron chi connectivity index (χ4n) is 10.2. The second kappa shape index (κ2) is 19.5. The number of rotatable bonds is 12. The molecule has 0 spiro atoms. The van der Waals surface area contributed by atoms with Gasteiger partial charge in [-0.2, -0.15) is 0 Å². The molecule has 0 aliphatic carbocycles. The summed E-state index contributed by atoms with van der Waals surface area (Å²) in [5.41, 5.74) is 7.43. The van der Waals surface area contributed by atoms with Crippen molar-refractivity contribution in [3.05, 3.63) is 111 Å². The highest BCUT2D eigenvalue weighted by atomic mass is 35.5.